The van der Waals surface area contributed by atoms with Gasteiger partial charge in [-0.3, -0.25) is 0 Å². The number of hydrogen-bond donors (Lipinski definition) is 1. The van der Waals surface area contributed by atoms with E-state index in [4.69, 9.17) is 4.74 Å². The molecule has 1 fully saturated rings. The van der Waals surface area contributed by atoms with Crippen molar-refractivity contribution in [3.63, 3.8) is 0 Å². The van der Waals surface area contributed by atoms with Gasteiger partial charge in [-0.15, -0.1) is 0 Å². The summed E-state index contributed by atoms with van der Waals surface area (Å²) in [6.07, 6.45) is 5.19. The molecular formula is C8H16OS. The van der Waals surface area contributed by atoms with Crippen LogP contribution in [0.5, 0.6) is 0 Å². The maximum absolute atomic E-state index is 5.35. The standard InChI is InChI=1S/C8H16OS/c10-6-2-4-8-3-1-5-9-7-8/h8,10H,1-7H2/t8-/m1/s1. The summed E-state index contributed by atoms with van der Waals surface area (Å²) in [6, 6.07) is 0. The molecule has 1 atom stereocenters. The van der Waals surface area contributed by atoms with Crippen molar-refractivity contribution >= 4 is 12.6 Å². The Balaban J connectivity index is 2.02. The van der Waals surface area contributed by atoms with Crippen molar-refractivity contribution in [1.82, 2.24) is 0 Å². The van der Waals surface area contributed by atoms with Gasteiger partial charge in [0.05, 0.1) is 0 Å². The van der Waals surface area contributed by atoms with E-state index < -0.39 is 0 Å². The summed E-state index contributed by atoms with van der Waals surface area (Å²) in [7, 11) is 0. The number of ether oxygens (including phenoxy) is 1. The summed E-state index contributed by atoms with van der Waals surface area (Å²) in [4.78, 5) is 0. The van der Waals surface area contributed by atoms with Gasteiger partial charge in [0.15, 0.2) is 0 Å². The molecule has 2 heteroatoms. The van der Waals surface area contributed by atoms with Crippen LogP contribution in [-0.2, 0) is 4.74 Å². The van der Waals surface area contributed by atoms with E-state index in [1.165, 1.54) is 25.7 Å². The molecule has 0 saturated carbocycles. The summed E-state index contributed by atoms with van der Waals surface area (Å²) in [5, 5.41) is 0. The first-order valence-corrected chi connectivity index (χ1v) is 4.75. The number of hydrogen-bond acceptors (Lipinski definition) is 2. The van der Waals surface area contributed by atoms with Gasteiger partial charge < -0.3 is 4.74 Å². The van der Waals surface area contributed by atoms with E-state index in [0.717, 1.165) is 24.9 Å². The fourth-order valence-corrected chi connectivity index (χ4v) is 1.60. The first-order valence-electron chi connectivity index (χ1n) is 4.12. The molecule has 0 aromatic carbocycles. The minimum absolute atomic E-state index is 0.834. The maximum atomic E-state index is 5.35. The molecule has 0 amide bonds. The van der Waals surface area contributed by atoms with Crippen molar-refractivity contribution in [1.29, 1.82) is 0 Å². The van der Waals surface area contributed by atoms with Crippen LogP contribution in [0.15, 0.2) is 0 Å². The smallest absolute Gasteiger partial charge is 0.0494 e. The molecule has 1 nitrogen and oxygen atoms in total. The van der Waals surface area contributed by atoms with E-state index in [2.05, 4.69) is 12.6 Å². The average molecular weight is 160 g/mol. The first kappa shape index (κ1) is 8.41. The normalized spacial score (nSPS) is 26.7. The van der Waals surface area contributed by atoms with Crippen LogP contribution in [-0.4, -0.2) is 19.0 Å². The number of thiol groups is 1. The predicted molar refractivity (Wildman–Crippen MR) is 46.6 cm³/mol. The van der Waals surface area contributed by atoms with Crippen LogP contribution in [0.25, 0.3) is 0 Å². The van der Waals surface area contributed by atoms with Crippen LogP contribution in [0.2, 0.25) is 0 Å². The van der Waals surface area contributed by atoms with Gasteiger partial charge >= 0.3 is 0 Å². The summed E-state index contributed by atoms with van der Waals surface area (Å²) in [6.45, 7) is 1.98. The third-order valence-corrected chi connectivity index (χ3v) is 2.34. The lowest BCUT2D eigenvalue weighted by atomic mass is 9.97. The molecule has 1 rings (SSSR count). The van der Waals surface area contributed by atoms with Crippen LogP contribution in [0.3, 0.4) is 0 Å². The lowest BCUT2D eigenvalue weighted by molar-refractivity contribution is 0.0515. The Bertz CT molecular complexity index is 79.3. The van der Waals surface area contributed by atoms with Gasteiger partial charge in [0.1, 0.15) is 0 Å². The van der Waals surface area contributed by atoms with Crippen LogP contribution < -0.4 is 0 Å². The van der Waals surface area contributed by atoms with Crippen molar-refractivity contribution < 1.29 is 4.74 Å². The largest absolute Gasteiger partial charge is 0.381 e. The second kappa shape index (κ2) is 5.03. The molecule has 0 aliphatic carbocycles. The van der Waals surface area contributed by atoms with Crippen LogP contribution >= 0.6 is 12.6 Å². The highest BCUT2D eigenvalue weighted by molar-refractivity contribution is 7.80. The molecule has 0 spiro atoms. The number of rotatable bonds is 3. The summed E-state index contributed by atoms with van der Waals surface area (Å²) >= 11 is 4.18. The zero-order valence-corrected chi connectivity index (χ0v) is 7.28. The van der Waals surface area contributed by atoms with Crippen molar-refractivity contribution in [3.8, 4) is 0 Å². The van der Waals surface area contributed by atoms with E-state index in [1.54, 1.807) is 0 Å². The maximum Gasteiger partial charge on any atom is 0.0494 e. The minimum atomic E-state index is 0.834. The Hall–Kier alpha value is 0.310. The average Bonchev–Trinajstić information content (AvgIpc) is 2.03. The topological polar surface area (TPSA) is 9.23 Å². The molecular weight excluding hydrogens is 144 g/mol. The van der Waals surface area contributed by atoms with E-state index in [-0.39, 0.29) is 0 Å². The minimum Gasteiger partial charge on any atom is -0.381 e. The predicted octanol–water partition coefficient (Wildman–Crippen LogP) is 2.12. The Morgan fingerprint density at radius 1 is 1.50 bits per heavy atom. The molecule has 10 heavy (non-hydrogen) atoms. The van der Waals surface area contributed by atoms with Crippen LogP contribution in [0, 0.1) is 5.92 Å². The van der Waals surface area contributed by atoms with Gasteiger partial charge in [-0.05, 0) is 37.4 Å². The molecule has 0 aromatic rings. The quantitative estimate of drug-likeness (QED) is 0.622. The third-order valence-electron chi connectivity index (χ3n) is 2.03. The highest BCUT2D eigenvalue weighted by atomic mass is 32.1. The molecule has 1 saturated heterocycles. The Morgan fingerprint density at radius 3 is 3.00 bits per heavy atom. The van der Waals surface area contributed by atoms with Gasteiger partial charge in [-0.25, -0.2) is 0 Å². The van der Waals surface area contributed by atoms with Gasteiger partial charge in [0.25, 0.3) is 0 Å². The monoisotopic (exact) mass is 160 g/mol. The zero-order chi connectivity index (χ0) is 7.23. The summed E-state index contributed by atoms with van der Waals surface area (Å²) in [5.74, 6) is 1.86. The summed E-state index contributed by atoms with van der Waals surface area (Å²) in [5.41, 5.74) is 0. The van der Waals surface area contributed by atoms with Crippen molar-refractivity contribution in [2.75, 3.05) is 19.0 Å². The molecule has 1 aliphatic heterocycles. The van der Waals surface area contributed by atoms with Crippen molar-refractivity contribution in [2.45, 2.75) is 25.7 Å². The van der Waals surface area contributed by atoms with Crippen molar-refractivity contribution in [3.05, 3.63) is 0 Å². The summed E-state index contributed by atoms with van der Waals surface area (Å²) < 4.78 is 5.35. The lowest BCUT2D eigenvalue weighted by Crippen LogP contribution is -2.17. The highest BCUT2D eigenvalue weighted by Crippen LogP contribution is 2.18. The fraction of sp³-hybridized carbons (Fsp3) is 1.00. The first-order chi connectivity index (χ1) is 4.93. The third kappa shape index (κ3) is 2.93. The molecule has 1 heterocycles. The van der Waals surface area contributed by atoms with Gasteiger partial charge in [0, 0.05) is 13.2 Å². The Morgan fingerprint density at radius 2 is 2.40 bits per heavy atom. The lowest BCUT2D eigenvalue weighted by Gasteiger charge is -2.21. The van der Waals surface area contributed by atoms with Gasteiger partial charge in [-0.2, -0.15) is 12.6 Å². The molecule has 0 N–H and O–H groups in total. The van der Waals surface area contributed by atoms with E-state index >= 15 is 0 Å². The van der Waals surface area contributed by atoms with E-state index in [0.29, 0.717) is 0 Å². The Kier molecular flexibility index (Phi) is 4.23. The second-order valence-corrected chi connectivity index (χ2v) is 3.40. The SMILES string of the molecule is SCCC[C@H]1CCCOC1. The highest BCUT2D eigenvalue weighted by Gasteiger charge is 2.12. The molecule has 60 valence electrons. The van der Waals surface area contributed by atoms with Crippen LogP contribution in [0.1, 0.15) is 25.7 Å². The zero-order valence-electron chi connectivity index (χ0n) is 6.38. The van der Waals surface area contributed by atoms with E-state index in [1.807, 2.05) is 0 Å². The molecule has 0 radical (unpaired) electrons. The Labute approximate surface area is 68.6 Å². The molecule has 1 aliphatic rings. The fourth-order valence-electron chi connectivity index (χ4n) is 1.42. The second-order valence-electron chi connectivity index (χ2n) is 2.95. The molecule has 0 aromatic heterocycles. The van der Waals surface area contributed by atoms with Gasteiger partial charge in [0.2, 0.25) is 0 Å². The van der Waals surface area contributed by atoms with Crippen molar-refractivity contribution in [2.24, 2.45) is 5.92 Å². The molecule has 0 bridgehead atoms. The van der Waals surface area contributed by atoms with E-state index in [9.17, 15) is 0 Å². The van der Waals surface area contributed by atoms with Crippen LogP contribution in [0.4, 0.5) is 0 Å². The molecule has 0 unspecified atom stereocenters. The van der Waals surface area contributed by atoms with Gasteiger partial charge in [-0.1, -0.05) is 0 Å².